The number of aryl methyl sites for hydroxylation is 1. The summed E-state index contributed by atoms with van der Waals surface area (Å²) in [6, 6.07) is 20.7. The molecule has 1 atom stereocenters. The molecule has 3 aromatic rings. The molecule has 212 valence electrons. The third kappa shape index (κ3) is 8.53. The normalized spacial score (nSPS) is 12.5. The van der Waals surface area contributed by atoms with Crippen molar-refractivity contribution in [3.05, 3.63) is 71.8 Å². The minimum atomic E-state index is 0.741. The highest BCUT2D eigenvalue weighted by Gasteiger charge is 2.26. The summed E-state index contributed by atoms with van der Waals surface area (Å²) < 4.78 is 28.2. The molecule has 0 spiro atoms. The molecule has 0 aliphatic carbocycles. The summed E-state index contributed by atoms with van der Waals surface area (Å²) >= 11 is 0. The molecular formula is C32H45N2O5+. The number of hydrogen-bond acceptors (Lipinski definition) is 6. The van der Waals surface area contributed by atoms with Gasteiger partial charge in [0.1, 0.15) is 11.4 Å². The van der Waals surface area contributed by atoms with E-state index in [0.717, 1.165) is 85.1 Å². The van der Waals surface area contributed by atoms with Gasteiger partial charge in [-0.2, -0.15) is 0 Å². The molecule has 0 aliphatic heterocycles. The molecule has 0 saturated carbocycles. The molecule has 39 heavy (non-hydrogen) atoms. The highest BCUT2D eigenvalue weighted by Crippen LogP contribution is 2.34. The van der Waals surface area contributed by atoms with Crippen LogP contribution in [0.2, 0.25) is 0 Å². The van der Waals surface area contributed by atoms with Gasteiger partial charge in [0.25, 0.3) is 0 Å². The van der Waals surface area contributed by atoms with E-state index in [9.17, 15) is 0 Å². The molecule has 0 heterocycles. The van der Waals surface area contributed by atoms with Crippen LogP contribution in [0.5, 0.6) is 28.7 Å². The van der Waals surface area contributed by atoms with Crippen molar-refractivity contribution in [2.45, 2.75) is 25.7 Å². The highest BCUT2D eigenvalue weighted by atomic mass is 16.5. The Morgan fingerprint density at radius 1 is 0.590 bits per heavy atom. The fourth-order valence-corrected chi connectivity index (χ4v) is 4.87. The maximum atomic E-state index is 5.63. The van der Waals surface area contributed by atoms with Gasteiger partial charge in [0.15, 0.2) is 23.0 Å². The number of methoxy groups -OCH3 is 5. The molecule has 3 aromatic carbocycles. The van der Waals surface area contributed by atoms with Crippen LogP contribution in [-0.2, 0) is 12.8 Å². The molecule has 7 nitrogen and oxygen atoms in total. The quantitative estimate of drug-likeness (QED) is 0.181. The van der Waals surface area contributed by atoms with Gasteiger partial charge in [0.2, 0.25) is 0 Å². The Hall–Kier alpha value is -3.42. The van der Waals surface area contributed by atoms with Crippen LogP contribution in [0.15, 0.2) is 60.7 Å². The molecule has 0 aliphatic rings. The van der Waals surface area contributed by atoms with Gasteiger partial charge in [-0.15, -0.1) is 0 Å². The number of ether oxygens (including phenoxy) is 5. The van der Waals surface area contributed by atoms with Gasteiger partial charge >= 0.3 is 0 Å². The summed E-state index contributed by atoms with van der Waals surface area (Å²) in [5.41, 5.74) is 3.73. The third-order valence-electron chi connectivity index (χ3n) is 7.29. The van der Waals surface area contributed by atoms with Crippen LogP contribution in [0.4, 0.5) is 5.69 Å². The minimum absolute atomic E-state index is 0.741. The van der Waals surface area contributed by atoms with Crippen molar-refractivity contribution >= 4 is 5.69 Å². The van der Waals surface area contributed by atoms with E-state index >= 15 is 0 Å². The SMILES string of the molecule is COc1cccc(CCCNCCC[N+](C)(CCc2ccc(OC)c(OC)c2)c2ccc(OC)c(OC)c2)c1. The van der Waals surface area contributed by atoms with Gasteiger partial charge in [-0.05, 0) is 60.8 Å². The van der Waals surface area contributed by atoms with Crippen LogP contribution in [0.3, 0.4) is 0 Å². The summed E-state index contributed by atoms with van der Waals surface area (Å²) in [5, 5.41) is 3.63. The first-order valence-corrected chi connectivity index (χ1v) is 13.6. The average Bonchev–Trinajstić information content (AvgIpc) is 2.99. The van der Waals surface area contributed by atoms with E-state index in [4.69, 9.17) is 23.7 Å². The van der Waals surface area contributed by atoms with Gasteiger partial charge in [0, 0.05) is 31.5 Å². The fraction of sp³-hybridized carbons (Fsp3) is 0.438. The van der Waals surface area contributed by atoms with Crippen molar-refractivity contribution in [2.24, 2.45) is 0 Å². The van der Waals surface area contributed by atoms with Crippen molar-refractivity contribution in [3.8, 4) is 28.7 Å². The molecule has 0 bridgehead atoms. The fourth-order valence-electron chi connectivity index (χ4n) is 4.87. The van der Waals surface area contributed by atoms with E-state index in [2.05, 4.69) is 54.8 Å². The molecular weight excluding hydrogens is 492 g/mol. The van der Waals surface area contributed by atoms with Gasteiger partial charge in [-0.1, -0.05) is 18.2 Å². The first-order valence-electron chi connectivity index (χ1n) is 13.6. The first-order chi connectivity index (χ1) is 19.0. The molecule has 1 N–H and O–H groups in total. The smallest absolute Gasteiger partial charge is 0.166 e. The molecule has 0 saturated heterocycles. The zero-order valence-corrected chi connectivity index (χ0v) is 24.4. The van der Waals surface area contributed by atoms with E-state index in [1.807, 2.05) is 18.2 Å². The third-order valence-corrected chi connectivity index (χ3v) is 7.29. The molecule has 0 aromatic heterocycles. The number of quaternary nitrogens is 1. The van der Waals surface area contributed by atoms with Gasteiger partial charge in [-0.25, -0.2) is 0 Å². The van der Waals surface area contributed by atoms with Crippen LogP contribution < -0.4 is 33.5 Å². The summed E-state index contributed by atoms with van der Waals surface area (Å²) in [7, 11) is 10.7. The van der Waals surface area contributed by atoms with Crippen LogP contribution in [0.1, 0.15) is 24.0 Å². The van der Waals surface area contributed by atoms with Crippen LogP contribution in [-0.4, -0.2) is 68.8 Å². The number of nitrogens with zero attached hydrogens (tertiary/aromatic N) is 1. The van der Waals surface area contributed by atoms with Crippen LogP contribution >= 0.6 is 0 Å². The monoisotopic (exact) mass is 537 g/mol. The topological polar surface area (TPSA) is 58.2 Å². The van der Waals surface area contributed by atoms with Gasteiger partial charge in [-0.3, -0.25) is 4.48 Å². The van der Waals surface area contributed by atoms with E-state index in [-0.39, 0.29) is 0 Å². The number of rotatable bonds is 17. The maximum absolute atomic E-state index is 5.63. The Bertz CT molecular complexity index is 1170. The first kappa shape index (κ1) is 30.1. The highest BCUT2D eigenvalue weighted by molar-refractivity contribution is 5.54. The van der Waals surface area contributed by atoms with Crippen LogP contribution in [0.25, 0.3) is 0 Å². The lowest BCUT2D eigenvalue weighted by molar-refractivity contribution is 0.319. The standard InChI is InChI=1S/C32H45N2O5/c1-34(27-14-16-30(37-4)32(24-27)39-6,21-17-26-13-15-29(36-3)31(23-26)38-5)20-9-19-33-18-8-11-25-10-7-12-28(22-25)35-2/h7,10,12-16,22-24,33H,8-9,11,17-21H2,1-6H3/q+1. The number of hydrogen-bond donors (Lipinski definition) is 1. The van der Waals surface area contributed by atoms with Crippen molar-refractivity contribution in [1.82, 2.24) is 9.80 Å². The maximum Gasteiger partial charge on any atom is 0.166 e. The molecule has 0 fully saturated rings. The Kier molecular flexibility index (Phi) is 11.8. The van der Waals surface area contributed by atoms with Crippen molar-refractivity contribution in [2.75, 3.05) is 68.8 Å². The van der Waals surface area contributed by atoms with Crippen molar-refractivity contribution in [3.63, 3.8) is 0 Å². The Balaban J connectivity index is 1.62. The summed E-state index contributed by atoms with van der Waals surface area (Å²) in [4.78, 5) is 0. The van der Waals surface area contributed by atoms with E-state index in [0.29, 0.717) is 0 Å². The largest absolute Gasteiger partial charge is 0.497 e. The number of likely N-dealkylation sites (N-methyl/N-ethyl adjacent to an activating group) is 1. The summed E-state index contributed by atoms with van der Waals surface area (Å²) in [6.45, 7) is 3.88. The Morgan fingerprint density at radius 3 is 1.92 bits per heavy atom. The predicted molar refractivity (Wildman–Crippen MR) is 159 cm³/mol. The minimum Gasteiger partial charge on any atom is -0.497 e. The predicted octanol–water partition coefficient (Wildman–Crippen LogP) is 5.52. The van der Waals surface area contributed by atoms with E-state index in [1.165, 1.54) is 16.8 Å². The van der Waals surface area contributed by atoms with E-state index in [1.54, 1.807) is 35.5 Å². The second-order valence-electron chi connectivity index (χ2n) is 9.88. The average molecular weight is 538 g/mol. The zero-order valence-electron chi connectivity index (χ0n) is 24.4. The second-order valence-corrected chi connectivity index (χ2v) is 9.88. The number of benzene rings is 3. The van der Waals surface area contributed by atoms with Crippen molar-refractivity contribution < 1.29 is 23.7 Å². The Morgan fingerprint density at radius 2 is 1.23 bits per heavy atom. The summed E-state index contributed by atoms with van der Waals surface area (Å²) in [5.74, 6) is 3.91. The van der Waals surface area contributed by atoms with Crippen LogP contribution in [0, 0.1) is 0 Å². The molecule has 0 radical (unpaired) electrons. The lowest BCUT2D eigenvalue weighted by Gasteiger charge is -2.35. The number of nitrogens with one attached hydrogen (secondary N) is 1. The molecule has 7 heteroatoms. The molecule has 0 amide bonds. The lowest BCUT2D eigenvalue weighted by Crippen LogP contribution is -2.48. The van der Waals surface area contributed by atoms with Crippen molar-refractivity contribution in [1.29, 1.82) is 0 Å². The van der Waals surface area contributed by atoms with E-state index < -0.39 is 0 Å². The lowest BCUT2D eigenvalue weighted by atomic mass is 10.1. The Labute approximate surface area is 234 Å². The van der Waals surface area contributed by atoms with Gasteiger partial charge < -0.3 is 29.0 Å². The molecule has 3 rings (SSSR count). The zero-order chi connectivity index (χ0) is 28.1. The molecule has 1 unspecified atom stereocenters. The summed E-state index contributed by atoms with van der Waals surface area (Å²) in [6.07, 6.45) is 4.08. The van der Waals surface area contributed by atoms with Gasteiger partial charge in [0.05, 0.1) is 55.7 Å². The second kappa shape index (κ2) is 15.2.